The third kappa shape index (κ3) is 7.89. The van der Waals surface area contributed by atoms with E-state index in [9.17, 15) is 0 Å². The highest BCUT2D eigenvalue weighted by molar-refractivity contribution is 5.79. The zero-order valence-corrected chi connectivity index (χ0v) is 19.0. The summed E-state index contributed by atoms with van der Waals surface area (Å²) in [5.41, 5.74) is 2.54. The average Bonchev–Trinajstić information content (AvgIpc) is 2.82. The molecule has 0 atom stereocenters. The first-order valence-corrected chi connectivity index (χ1v) is 11.3. The molecule has 0 bridgehead atoms. The molecule has 168 valence electrons. The van der Waals surface area contributed by atoms with Crippen LogP contribution in [0.2, 0.25) is 0 Å². The summed E-state index contributed by atoms with van der Waals surface area (Å²) in [5, 5.41) is 6.79. The minimum absolute atomic E-state index is 0.691. The Morgan fingerprint density at radius 3 is 2.35 bits per heavy atom. The fourth-order valence-electron chi connectivity index (χ4n) is 3.93. The van der Waals surface area contributed by atoms with Crippen molar-refractivity contribution in [3.8, 4) is 5.75 Å². The molecule has 0 saturated carbocycles. The number of nitrogens with one attached hydrogen (secondary N) is 2. The number of hydrogen-bond acceptors (Lipinski definition) is 4. The number of piperazine rings is 1. The summed E-state index contributed by atoms with van der Waals surface area (Å²) in [6.45, 7) is 8.52. The minimum Gasteiger partial charge on any atom is -0.496 e. The van der Waals surface area contributed by atoms with Crippen molar-refractivity contribution >= 4 is 5.96 Å². The molecule has 0 aliphatic carbocycles. The van der Waals surface area contributed by atoms with E-state index in [1.165, 1.54) is 31.6 Å². The van der Waals surface area contributed by atoms with E-state index in [1.54, 1.807) is 7.11 Å². The fourth-order valence-corrected chi connectivity index (χ4v) is 3.93. The molecule has 0 unspecified atom stereocenters. The lowest BCUT2D eigenvalue weighted by atomic mass is 10.2. The molecule has 1 heterocycles. The van der Waals surface area contributed by atoms with Gasteiger partial charge in [-0.15, -0.1) is 0 Å². The van der Waals surface area contributed by atoms with E-state index in [2.05, 4.69) is 61.8 Å². The van der Waals surface area contributed by atoms with Crippen molar-refractivity contribution in [3.05, 3.63) is 65.7 Å². The van der Waals surface area contributed by atoms with Crippen LogP contribution in [0.3, 0.4) is 0 Å². The molecule has 2 aromatic carbocycles. The smallest absolute Gasteiger partial charge is 0.191 e. The number of ether oxygens (including phenoxy) is 1. The summed E-state index contributed by atoms with van der Waals surface area (Å²) in [4.78, 5) is 9.48. The lowest BCUT2D eigenvalue weighted by Crippen LogP contribution is -2.46. The molecule has 3 rings (SSSR count). The van der Waals surface area contributed by atoms with Crippen molar-refractivity contribution in [2.45, 2.75) is 25.9 Å². The van der Waals surface area contributed by atoms with Crippen LogP contribution in [-0.2, 0) is 13.1 Å². The molecule has 6 heteroatoms. The molecule has 1 fully saturated rings. The zero-order valence-electron chi connectivity index (χ0n) is 19.0. The van der Waals surface area contributed by atoms with E-state index in [0.29, 0.717) is 6.54 Å². The Morgan fingerprint density at radius 2 is 1.61 bits per heavy atom. The molecule has 0 radical (unpaired) electrons. The molecule has 0 amide bonds. The number of rotatable bonds is 10. The van der Waals surface area contributed by atoms with Gasteiger partial charge in [0.2, 0.25) is 0 Å². The van der Waals surface area contributed by atoms with E-state index in [1.807, 2.05) is 25.2 Å². The number of aliphatic imine (C=N–C) groups is 1. The summed E-state index contributed by atoms with van der Waals surface area (Å²) in [6.07, 6.45) is 2.34. The number of hydrogen-bond donors (Lipinski definition) is 2. The Labute approximate surface area is 187 Å². The third-order valence-corrected chi connectivity index (χ3v) is 5.77. The summed E-state index contributed by atoms with van der Waals surface area (Å²) in [6, 6.07) is 18.8. The summed E-state index contributed by atoms with van der Waals surface area (Å²) in [5.74, 6) is 1.73. The first-order chi connectivity index (χ1) is 15.3. The second kappa shape index (κ2) is 13.0. The summed E-state index contributed by atoms with van der Waals surface area (Å²) < 4.78 is 5.41. The van der Waals surface area contributed by atoms with Crippen molar-refractivity contribution in [1.29, 1.82) is 0 Å². The van der Waals surface area contributed by atoms with Gasteiger partial charge >= 0.3 is 0 Å². The molecular weight excluding hydrogens is 386 g/mol. The normalized spacial score (nSPS) is 15.6. The van der Waals surface area contributed by atoms with Crippen LogP contribution in [0.15, 0.2) is 59.6 Å². The Hall–Kier alpha value is -2.57. The monoisotopic (exact) mass is 423 g/mol. The van der Waals surface area contributed by atoms with E-state index in [-0.39, 0.29) is 0 Å². The van der Waals surface area contributed by atoms with Crippen molar-refractivity contribution < 1.29 is 4.74 Å². The van der Waals surface area contributed by atoms with Crippen molar-refractivity contribution in [2.24, 2.45) is 4.99 Å². The molecule has 2 N–H and O–H groups in total. The van der Waals surface area contributed by atoms with Crippen LogP contribution < -0.4 is 15.4 Å². The maximum Gasteiger partial charge on any atom is 0.191 e. The van der Waals surface area contributed by atoms with E-state index in [4.69, 9.17) is 4.74 Å². The minimum atomic E-state index is 0.691. The van der Waals surface area contributed by atoms with E-state index >= 15 is 0 Å². The third-order valence-electron chi connectivity index (χ3n) is 5.77. The van der Waals surface area contributed by atoms with E-state index < -0.39 is 0 Å². The Morgan fingerprint density at radius 1 is 0.903 bits per heavy atom. The van der Waals surface area contributed by atoms with Crippen molar-refractivity contribution in [1.82, 2.24) is 20.4 Å². The van der Waals surface area contributed by atoms with Gasteiger partial charge in [-0.25, -0.2) is 0 Å². The molecule has 31 heavy (non-hydrogen) atoms. The van der Waals surface area contributed by atoms with Gasteiger partial charge in [-0.2, -0.15) is 0 Å². The maximum atomic E-state index is 5.41. The highest BCUT2D eigenvalue weighted by Gasteiger charge is 2.16. The molecule has 1 aliphatic rings. The number of nitrogens with zero attached hydrogens (tertiary/aromatic N) is 3. The fraction of sp³-hybridized carbons (Fsp3) is 0.480. The molecule has 1 saturated heterocycles. The van der Waals surface area contributed by atoms with E-state index in [0.717, 1.165) is 49.9 Å². The van der Waals surface area contributed by atoms with Gasteiger partial charge in [0.05, 0.1) is 7.11 Å². The van der Waals surface area contributed by atoms with Gasteiger partial charge in [0.15, 0.2) is 5.96 Å². The Bertz CT molecular complexity index is 788. The molecule has 6 nitrogen and oxygen atoms in total. The molecule has 2 aromatic rings. The van der Waals surface area contributed by atoms with Crippen LogP contribution in [0.5, 0.6) is 5.75 Å². The van der Waals surface area contributed by atoms with Crippen LogP contribution in [0.1, 0.15) is 24.0 Å². The summed E-state index contributed by atoms with van der Waals surface area (Å²) in [7, 11) is 3.52. The lowest BCUT2D eigenvalue weighted by Gasteiger charge is -2.34. The SMILES string of the molecule is CN=C(NCCCCN1CCN(Cc2ccccc2)CC1)NCc1ccccc1OC. The average molecular weight is 424 g/mol. The number of guanidine groups is 1. The molecular formula is C25H37N5O. The van der Waals surface area contributed by atoms with Gasteiger partial charge in [0, 0.05) is 58.4 Å². The molecule has 1 aliphatic heterocycles. The van der Waals surface area contributed by atoms with Gasteiger partial charge in [-0.3, -0.25) is 9.89 Å². The van der Waals surface area contributed by atoms with Gasteiger partial charge in [0.1, 0.15) is 5.75 Å². The van der Waals surface area contributed by atoms with Crippen LogP contribution in [0.4, 0.5) is 0 Å². The Balaban J connectivity index is 1.26. The highest BCUT2D eigenvalue weighted by Crippen LogP contribution is 2.16. The number of para-hydroxylation sites is 1. The largest absolute Gasteiger partial charge is 0.496 e. The van der Waals surface area contributed by atoms with Crippen molar-refractivity contribution in [2.75, 3.05) is 53.4 Å². The predicted octanol–water partition coefficient (Wildman–Crippen LogP) is 2.96. The predicted molar refractivity (Wildman–Crippen MR) is 129 cm³/mol. The topological polar surface area (TPSA) is 52.1 Å². The van der Waals surface area contributed by atoms with Gasteiger partial charge in [-0.05, 0) is 31.0 Å². The zero-order chi connectivity index (χ0) is 21.7. The van der Waals surface area contributed by atoms with Crippen molar-refractivity contribution in [3.63, 3.8) is 0 Å². The van der Waals surface area contributed by atoms with Crippen LogP contribution in [0, 0.1) is 0 Å². The Kier molecular flexibility index (Phi) is 9.67. The van der Waals surface area contributed by atoms with Gasteiger partial charge < -0.3 is 20.3 Å². The first kappa shape index (κ1) is 23.1. The highest BCUT2D eigenvalue weighted by atomic mass is 16.5. The van der Waals surface area contributed by atoms with Gasteiger partial charge in [0.25, 0.3) is 0 Å². The van der Waals surface area contributed by atoms with Gasteiger partial charge in [-0.1, -0.05) is 48.5 Å². The van der Waals surface area contributed by atoms with Crippen LogP contribution >= 0.6 is 0 Å². The summed E-state index contributed by atoms with van der Waals surface area (Å²) >= 11 is 0. The molecule has 0 spiro atoms. The molecule has 0 aromatic heterocycles. The second-order valence-electron chi connectivity index (χ2n) is 7.97. The lowest BCUT2D eigenvalue weighted by molar-refractivity contribution is 0.126. The standard InChI is InChI=1S/C25H37N5O/c1-26-25(28-20-23-12-6-7-13-24(23)31-2)27-14-8-9-15-29-16-18-30(19-17-29)21-22-10-4-3-5-11-22/h3-7,10-13H,8-9,14-21H2,1-2H3,(H2,26,27,28). The quantitative estimate of drug-likeness (QED) is 0.350. The first-order valence-electron chi connectivity index (χ1n) is 11.3. The number of benzene rings is 2. The number of methoxy groups -OCH3 is 1. The van der Waals surface area contributed by atoms with Crippen LogP contribution in [0.25, 0.3) is 0 Å². The maximum absolute atomic E-state index is 5.41. The number of unbranched alkanes of at least 4 members (excludes halogenated alkanes) is 1. The second-order valence-corrected chi connectivity index (χ2v) is 7.97. The van der Waals surface area contributed by atoms with Crippen LogP contribution in [-0.4, -0.2) is 69.2 Å².